The van der Waals surface area contributed by atoms with E-state index >= 15 is 0 Å². The van der Waals surface area contributed by atoms with Crippen molar-refractivity contribution in [3.8, 4) is 0 Å². The maximum Gasteiger partial charge on any atom is 0.257 e. The number of alkyl halides is 1. The van der Waals surface area contributed by atoms with E-state index in [9.17, 15) is 9.18 Å². The zero-order chi connectivity index (χ0) is 16.3. The normalized spacial score (nSPS) is 25.9. The van der Waals surface area contributed by atoms with Crippen molar-refractivity contribution in [2.75, 3.05) is 39.3 Å². The van der Waals surface area contributed by atoms with Crippen LogP contribution in [0.3, 0.4) is 0 Å². The predicted molar refractivity (Wildman–Crippen MR) is 84.0 cm³/mol. The van der Waals surface area contributed by atoms with E-state index in [2.05, 4.69) is 10.00 Å². The molecular formula is C16H25FN4O2. The van der Waals surface area contributed by atoms with E-state index in [1.165, 1.54) is 24.2 Å². The topological polar surface area (TPSA) is 61.6 Å². The molecule has 1 unspecified atom stereocenters. The van der Waals surface area contributed by atoms with Crippen molar-refractivity contribution in [1.29, 1.82) is 0 Å². The van der Waals surface area contributed by atoms with Crippen LogP contribution in [0.2, 0.25) is 0 Å². The lowest BCUT2D eigenvalue weighted by Gasteiger charge is -2.26. The third kappa shape index (κ3) is 3.90. The number of carbonyl (C=O) groups excluding carboxylic acids is 1. The van der Waals surface area contributed by atoms with Crippen LogP contribution >= 0.6 is 0 Å². The van der Waals surface area contributed by atoms with Gasteiger partial charge in [-0.15, -0.1) is 0 Å². The van der Waals surface area contributed by atoms with E-state index in [1.807, 2.05) is 0 Å². The van der Waals surface area contributed by atoms with Crippen molar-refractivity contribution in [3.63, 3.8) is 0 Å². The van der Waals surface area contributed by atoms with E-state index in [1.54, 1.807) is 17.1 Å². The second kappa shape index (κ2) is 6.97. The highest BCUT2D eigenvalue weighted by Gasteiger charge is 2.40. The molecule has 1 aromatic heterocycles. The van der Waals surface area contributed by atoms with E-state index in [0.29, 0.717) is 12.1 Å². The van der Waals surface area contributed by atoms with Crippen molar-refractivity contribution in [1.82, 2.24) is 19.6 Å². The van der Waals surface area contributed by atoms with Crippen molar-refractivity contribution in [3.05, 3.63) is 18.0 Å². The third-order valence-electron chi connectivity index (χ3n) is 4.85. The van der Waals surface area contributed by atoms with Crippen molar-refractivity contribution < 1.29 is 14.3 Å². The number of hydrogen-bond acceptors (Lipinski definition) is 4. The fourth-order valence-electron chi connectivity index (χ4n) is 3.34. The Balaban J connectivity index is 1.53. The number of piperidine rings is 1. The van der Waals surface area contributed by atoms with Gasteiger partial charge in [-0.25, -0.2) is 4.39 Å². The first kappa shape index (κ1) is 16.4. The fourth-order valence-corrected chi connectivity index (χ4v) is 3.34. The zero-order valence-electron chi connectivity index (χ0n) is 13.5. The average Bonchev–Trinajstić information content (AvgIpc) is 3.21. The summed E-state index contributed by atoms with van der Waals surface area (Å²) in [5, 5.41) is 13.3. The standard InChI is InChI=1S/C16H25FN4O2/c17-16(13-22)4-7-20(12-16)15(23)14-10-18-21(11-14)9-8-19-5-2-1-3-6-19/h10-11,22H,1-9,12-13H2. The van der Waals surface area contributed by atoms with Crippen LogP contribution in [0.25, 0.3) is 0 Å². The Hall–Kier alpha value is -1.47. The summed E-state index contributed by atoms with van der Waals surface area (Å²) in [4.78, 5) is 16.3. The van der Waals surface area contributed by atoms with Crippen LogP contribution < -0.4 is 0 Å². The van der Waals surface area contributed by atoms with E-state index in [4.69, 9.17) is 5.11 Å². The number of aromatic nitrogens is 2. The molecule has 0 spiro atoms. The number of aliphatic hydroxyl groups is 1. The summed E-state index contributed by atoms with van der Waals surface area (Å²) in [6.45, 7) is 3.75. The predicted octanol–water partition coefficient (Wildman–Crippen LogP) is 0.916. The Kier molecular flexibility index (Phi) is 4.96. The van der Waals surface area contributed by atoms with Crippen LogP contribution in [0.15, 0.2) is 12.4 Å². The molecule has 2 fully saturated rings. The van der Waals surface area contributed by atoms with Gasteiger partial charge in [-0.2, -0.15) is 5.10 Å². The molecule has 1 atom stereocenters. The van der Waals surface area contributed by atoms with Crippen LogP contribution in [0, 0.1) is 0 Å². The number of hydrogen-bond donors (Lipinski definition) is 1. The van der Waals surface area contributed by atoms with Gasteiger partial charge in [-0.1, -0.05) is 6.42 Å². The molecule has 0 aliphatic carbocycles. The molecule has 0 saturated carbocycles. The van der Waals surface area contributed by atoms with Crippen molar-refractivity contribution in [2.24, 2.45) is 0 Å². The van der Waals surface area contributed by atoms with E-state index in [0.717, 1.165) is 26.2 Å². The first-order valence-electron chi connectivity index (χ1n) is 8.43. The SMILES string of the molecule is O=C(c1cnn(CCN2CCCCC2)c1)N1CCC(F)(CO)C1. The van der Waals surface area contributed by atoms with Gasteiger partial charge in [0.05, 0.1) is 31.5 Å². The summed E-state index contributed by atoms with van der Waals surface area (Å²) in [5.74, 6) is -0.206. The molecule has 128 valence electrons. The molecule has 1 amide bonds. The number of likely N-dealkylation sites (tertiary alicyclic amines) is 2. The fraction of sp³-hybridized carbons (Fsp3) is 0.750. The highest BCUT2D eigenvalue weighted by molar-refractivity contribution is 5.94. The smallest absolute Gasteiger partial charge is 0.257 e. The van der Waals surface area contributed by atoms with Gasteiger partial charge < -0.3 is 14.9 Å². The second-order valence-electron chi connectivity index (χ2n) is 6.68. The lowest BCUT2D eigenvalue weighted by Crippen LogP contribution is -2.35. The Morgan fingerprint density at radius 1 is 1.26 bits per heavy atom. The Bertz CT molecular complexity index is 544. The van der Waals surface area contributed by atoms with Gasteiger partial charge in [-0.05, 0) is 25.9 Å². The van der Waals surface area contributed by atoms with Crippen molar-refractivity contribution in [2.45, 2.75) is 37.9 Å². The number of amides is 1. The quantitative estimate of drug-likeness (QED) is 0.875. The summed E-state index contributed by atoms with van der Waals surface area (Å²) in [6, 6.07) is 0. The van der Waals surface area contributed by atoms with Crippen LogP contribution in [-0.4, -0.2) is 75.6 Å². The van der Waals surface area contributed by atoms with Gasteiger partial charge in [0.15, 0.2) is 5.67 Å². The number of carbonyl (C=O) groups is 1. The molecule has 2 saturated heterocycles. The van der Waals surface area contributed by atoms with Gasteiger partial charge in [0, 0.05) is 25.7 Å². The first-order chi connectivity index (χ1) is 11.1. The Labute approximate surface area is 135 Å². The molecule has 2 aliphatic rings. The highest BCUT2D eigenvalue weighted by atomic mass is 19.1. The van der Waals surface area contributed by atoms with Crippen LogP contribution in [0.4, 0.5) is 4.39 Å². The second-order valence-corrected chi connectivity index (χ2v) is 6.68. The van der Waals surface area contributed by atoms with Gasteiger partial charge in [0.2, 0.25) is 0 Å². The molecule has 1 N–H and O–H groups in total. The van der Waals surface area contributed by atoms with Gasteiger partial charge in [0.1, 0.15) is 0 Å². The summed E-state index contributed by atoms with van der Waals surface area (Å²) >= 11 is 0. The molecule has 6 nitrogen and oxygen atoms in total. The maximum absolute atomic E-state index is 14.0. The van der Waals surface area contributed by atoms with Gasteiger partial charge >= 0.3 is 0 Å². The number of nitrogens with zero attached hydrogens (tertiary/aromatic N) is 4. The molecule has 3 heterocycles. The van der Waals surface area contributed by atoms with E-state index in [-0.39, 0.29) is 18.9 Å². The monoisotopic (exact) mass is 324 g/mol. The summed E-state index contributed by atoms with van der Waals surface area (Å²) in [7, 11) is 0. The molecule has 0 aromatic carbocycles. The Morgan fingerprint density at radius 2 is 2.04 bits per heavy atom. The van der Waals surface area contributed by atoms with Gasteiger partial charge in [-0.3, -0.25) is 9.48 Å². The summed E-state index contributed by atoms with van der Waals surface area (Å²) < 4.78 is 15.8. The first-order valence-corrected chi connectivity index (χ1v) is 8.43. The lowest BCUT2D eigenvalue weighted by atomic mass is 10.1. The lowest BCUT2D eigenvalue weighted by molar-refractivity contribution is 0.0631. The van der Waals surface area contributed by atoms with E-state index < -0.39 is 12.3 Å². The highest BCUT2D eigenvalue weighted by Crippen LogP contribution is 2.26. The molecule has 0 bridgehead atoms. The molecule has 3 rings (SSSR count). The minimum atomic E-state index is -1.65. The molecule has 0 radical (unpaired) electrons. The average molecular weight is 324 g/mol. The number of halogens is 1. The van der Waals surface area contributed by atoms with Gasteiger partial charge in [0.25, 0.3) is 5.91 Å². The Morgan fingerprint density at radius 3 is 2.74 bits per heavy atom. The largest absolute Gasteiger partial charge is 0.393 e. The zero-order valence-corrected chi connectivity index (χ0v) is 13.5. The minimum absolute atomic E-state index is 0.0404. The number of rotatable bonds is 5. The summed E-state index contributed by atoms with van der Waals surface area (Å²) in [5.41, 5.74) is -1.16. The molecular weight excluding hydrogens is 299 g/mol. The maximum atomic E-state index is 14.0. The summed E-state index contributed by atoms with van der Waals surface area (Å²) in [6.07, 6.45) is 7.31. The van der Waals surface area contributed by atoms with Crippen LogP contribution in [0.5, 0.6) is 0 Å². The minimum Gasteiger partial charge on any atom is -0.393 e. The molecule has 23 heavy (non-hydrogen) atoms. The molecule has 7 heteroatoms. The number of aliphatic hydroxyl groups excluding tert-OH is 1. The van der Waals surface area contributed by atoms with Crippen molar-refractivity contribution >= 4 is 5.91 Å². The van der Waals surface area contributed by atoms with Crippen LogP contribution in [0.1, 0.15) is 36.0 Å². The third-order valence-corrected chi connectivity index (χ3v) is 4.85. The molecule has 2 aliphatic heterocycles. The molecule has 1 aromatic rings. The van der Waals surface area contributed by atoms with Crippen LogP contribution in [-0.2, 0) is 6.54 Å².